The molecule has 2 N–H and O–H groups in total. The second-order valence-corrected chi connectivity index (χ2v) is 4.34. The Kier molecular flexibility index (Phi) is 3.07. The summed E-state index contributed by atoms with van der Waals surface area (Å²) in [6, 6.07) is 0. The summed E-state index contributed by atoms with van der Waals surface area (Å²) in [6.45, 7) is 5.23. The molecule has 1 aliphatic rings. The normalized spacial score (nSPS) is 18.1. The van der Waals surface area contributed by atoms with Crippen LogP contribution in [0, 0.1) is 19.8 Å². The molecule has 1 unspecified atom stereocenters. The topological polar surface area (TPSA) is 58.3 Å². The van der Waals surface area contributed by atoms with Gasteiger partial charge >= 0.3 is 0 Å². The third kappa shape index (κ3) is 2.58. The van der Waals surface area contributed by atoms with Crippen LogP contribution < -0.4 is 5.32 Å². The minimum atomic E-state index is -0.189. The molecule has 0 spiro atoms. The van der Waals surface area contributed by atoms with Crippen LogP contribution in [0.25, 0.3) is 0 Å². The first-order chi connectivity index (χ1) is 7.18. The third-order valence-electron chi connectivity index (χ3n) is 3.00. The van der Waals surface area contributed by atoms with E-state index in [-0.39, 0.29) is 6.10 Å². The van der Waals surface area contributed by atoms with Crippen LogP contribution in [0.2, 0.25) is 0 Å². The second-order valence-electron chi connectivity index (χ2n) is 4.34. The number of rotatable bonds is 5. The molecular weight excluding hydrogens is 192 g/mol. The molecular formula is C11H18N2O2. The third-order valence-corrected chi connectivity index (χ3v) is 3.00. The predicted octanol–water partition coefficient (Wildman–Crippen LogP) is 1.15. The molecule has 0 radical (unpaired) electrons. The van der Waals surface area contributed by atoms with E-state index in [1.165, 1.54) is 12.8 Å². The molecule has 2 rings (SSSR count). The molecule has 0 bridgehead atoms. The summed E-state index contributed by atoms with van der Waals surface area (Å²) in [6.07, 6.45) is 2.16. The molecule has 84 valence electrons. The monoisotopic (exact) mass is 210 g/mol. The second kappa shape index (κ2) is 4.33. The maximum Gasteiger partial charge on any atom is 0.138 e. The highest BCUT2D eigenvalue weighted by Crippen LogP contribution is 2.32. The van der Waals surface area contributed by atoms with E-state index in [9.17, 15) is 5.11 Å². The highest BCUT2D eigenvalue weighted by atomic mass is 16.5. The van der Waals surface area contributed by atoms with Gasteiger partial charge in [0.2, 0.25) is 0 Å². The molecule has 1 saturated carbocycles. The van der Waals surface area contributed by atoms with Crippen LogP contribution in [-0.4, -0.2) is 22.9 Å². The van der Waals surface area contributed by atoms with Crippen LogP contribution in [0.3, 0.4) is 0 Å². The van der Waals surface area contributed by atoms with Crippen LogP contribution in [0.1, 0.15) is 29.9 Å². The molecule has 1 aromatic heterocycles. The summed E-state index contributed by atoms with van der Waals surface area (Å²) in [7, 11) is 0. The Labute approximate surface area is 89.7 Å². The standard InChI is InChI=1S/C11H18N2O2/c1-7-10(8(2)15-13-7)5-12-6-11(14)9-3-4-9/h9,11-12,14H,3-6H2,1-2H3. The minimum Gasteiger partial charge on any atom is -0.392 e. The molecule has 1 aromatic rings. The van der Waals surface area contributed by atoms with E-state index >= 15 is 0 Å². The Bertz CT molecular complexity index is 312. The summed E-state index contributed by atoms with van der Waals surface area (Å²) >= 11 is 0. The van der Waals surface area contributed by atoms with Crippen LogP contribution in [-0.2, 0) is 6.54 Å². The number of aliphatic hydroxyl groups excluding tert-OH is 1. The van der Waals surface area contributed by atoms with Crippen molar-refractivity contribution in [2.24, 2.45) is 5.92 Å². The van der Waals surface area contributed by atoms with Crippen molar-refractivity contribution in [3.63, 3.8) is 0 Å². The highest BCUT2D eigenvalue weighted by Gasteiger charge is 2.29. The first-order valence-corrected chi connectivity index (χ1v) is 5.49. The Morgan fingerprint density at radius 3 is 2.80 bits per heavy atom. The van der Waals surface area contributed by atoms with E-state index in [1.54, 1.807) is 0 Å². The number of hydrogen-bond acceptors (Lipinski definition) is 4. The molecule has 1 heterocycles. The quantitative estimate of drug-likeness (QED) is 0.765. The van der Waals surface area contributed by atoms with E-state index in [1.807, 2.05) is 13.8 Å². The van der Waals surface area contributed by atoms with Crippen molar-refractivity contribution in [2.45, 2.75) is 39.3 Å². The first kappa shape index (κ1) is 10.6. The van der Waals surface area contributed by atoms with Gasteiger partial charge in [-0.2, -0.15) is 0 Å². The average molecular weight is 210 g/mol. The summed E-state index contributed by atoms with van der Waals surface area (Å²) in [4.78, 5) is 0. The van der Waals surface area contributed by atoms with Crippen LogP contribution in [0.4, 0.5) is 0 Å². The molecule has 4 nitrogen and oxygen atoms in total. The van der Waals surface area contributed by atoms with Gasteiger partial charge in [0.15, 0.2) is 0 Å². The zero-order valence-electron chi connectivity index (χ0n) is 9.29. The molecule has 1 fully saturated rings. The van der Waals surface area contributed by atoms with Gasteiger partial charge in [0.25, 0.3) is 0 Å². The van der Waals surface area contributed by atoms with Crippen LogP contribution in [0.15, 0.2) is 4.52 Å². The maximum atomic E-state index is 9.65. The number of nitrogens with zero attached hydrogens (tertiary/aromatic N) is 1. The summed E-state index contributed by atoms with van der Waals surface area (Å²) in [5.74, 6) is 1.39. The molecule has 0 amide bonds. The lowest BCUT2D eigenvalue weighted by Crippen LogP contribution is -2.28. The molecule has 0 aliphatic heterocycles. The fraction of sp³-hybridized carbons (Fsp3) is 0.727. The van der Waals surface area contributed by atoms with Gasteiger partial charge in [0.1, 0.15) is 5.76 Å². The Morgan fingerprint density at radius 2 is 2.27 bits per heavy atom. The molecule has 1 atom stereocenters. The zero-order chi connectivity index (χ0) is 10.8. The van der Waals surface area contributed by atoms with Crippen LogP contribution in [0.5, 0.6) is 0 Å². The summed E-state index contributed by atoms with van der Waals surface area (Å²) in [5, 5.41) is 16.8. The highest BCUT2D eigenvalue weighted by molar-refractivity contribution is 5.20. The number of hydrogen-bond donors (Lipinski definition) is 2. The predicted molar refractivity (Wildman–Crippen MR) is 56.4 cm³/mol. The van der Waals surface area contributed by atoms with Gasteiger partial charge in [-0.3, -0.25) is 0 Å². The van der Waals surface area contributed by atoms with E-state index in [2.05, 4.69) is 10.5 Å². The molecule has 4 heteroatoms. The Balaban J connectivity index is 1.77. The molecule has 1 aliphatic carbocycles. The zero-order valence-corrected chi connectivity index (χ0v) is 9.29. The van der Waals surface area contributed by atoms with E-state index < -0.39 is 0 Å². The average Bonchev–Trinajstić information content (AvgIpc) is 2.99. The largest absolute Gasteiger partial charge is 0.392 e. The van der Waals surface area contributed by atoms with Crippen molar-refractivity contribution in [2.75, 3.05) is 6.54 Å². The summed E-state index contributed by atoms with van der Waals surface area (Å²) in [5.41, 5.74) is 2.04. The van der Waals surface area contributed by atoms with Crippen molar-refractivity contribution >= 4 is 0 Å². The van der Waals surface area contributed by atoms with E-state index in [0.717, 1.165) is 23.6 Å². The number of nitrogens with one attached hydrogen (secondary N) is 1. The maximum absolute atomic E-state index is 9.65. The Hall–Kier alpha value is -0.870. The van der Waals surface area contributed by atoms with Gasteiger partial charge in [0.05, 0.1) is 11.8 Å². The van der Waals surface area contributed by atoms with Gasteiger partial charge in [0, 0.05) is 18.7 Å². The first-order valence-electron chi connectivity index (χ1n) is 5.49. The van der Waals surface area contributed by atoms with E-state index in [4.69, 9.17) is 4.52 Å². The van der Waals surface area contributed by atoms with Gasteiger partial charge in [-0.15, -0.1) is 0 Å². The van der Waals surface area contributed by atoms with Crippen molar-refractivity contribution in [3.05, 3.63) is 17.0 Å². The van der Waals surface area contributed by atoms with Gasteiger partial charge < -0.3 is 14.9 Å². The van der Waals surface area contributed by atoms with Gasteiger partial charge in [-0.05, 0) is 32.6 Å². The smallest absolute Gasteiger partial charge is 0.138 e. The van der Waals surface area contributed by atoms with Crippen molar-refractivity contribution in [3.8, 4) is 0 Å². The Morgan fingerprint density at radius 1 is 1.53 bits per heavy atom. The number of aliphatic hydroxyl groups is 1. The number of aryl methyl sites for hydroxylation is 2. The lowest BCUT2D eigenvalue weighted by molar-refractivity contribution is 0.148. The van der Waals surface area contributed by atoms with Crippen molar-refractivity contribution in [1.82, 2.24) is 10.5 Å². The van der Waals surface area contributed by atoms with E-state index in [0.29, 0.717) is 12.5 Å². The van der Waals surface area contributed by atoms with Crippen LogP contribution >= 0.6 is 0 Å². The van der Waals surface area contributed by atoms with Gasteiger partial charge in [-0.1, -0.05) is 5.16 Å². The lowest BCUT2D eigenvalue weighted by atomic mass is 10.2. The molecule has 0 aromatic carbocycles. The van der Waals surface area contributed by atoms with Gasteiger partial charge in [-0.25, -0.2) is 0 Å². The summed E-state index contributed by atoms with van der Waals surface area (Å²) < 4.78 is 5.06. The lowest BCUT2D eigenvalue weighted by Gasteiger charge is -2.10. The molecule has 0 saturated heterocycles. The number of aromatic nitrogens is 1. The SMILES string of the molecule is Cc1noc(C)c1CNCC(O)C1CC1. The minimum absolute atomic E-state index is 0.189. The fourth-order valence-corrected chi connectivity index (χ4v) is 1.75. The van der Waals surface area contributed by atoms with Crippen molar-refractivity contribution in [1.29, 1.82) is 0 Å². The van der Waals surface area contributed by atoms with Crippen molar-refractivity contribution < 1.29 is 9.63 Å². The fourth-order valence-electron chi connectivity index (χ4n) is 1.75. The molecule has 15 heavy (non-hydrogen) atoms.